The SMILES string of the molecule is COc1cc(/C=C2\N=C(c3ccccc3Cl)OC2=O)cc(OC)c1OCc1cccc(F)c1. The van der Waals surface area contributed by atoms with Crippen LogP contribution in [-0.4, -0.2) is 26.1 Å². The van der Waals surface area contributed by atoms with E-state index < -0.39 is 5.97 Å². The van der Waals surface area contributed by atoms with Gasteiger partial charge in [0.05, 0.1) is 24.8 Å². The number of ether oxygens (including phenoxy) is 4. The summed E-state index contributed by atoms with van der Waals surface area (Å²) in [5.41, 5.74) is 1.85. The van der Waals surface area contributed by atoms with Crippen LogP contribution in [0.2, 0.25) is 5.02 Å². The van der Waals surface area contributed by atoms with Crippen molar-refractivity contribution in [1.82, 2.24) is 0 Å². The maximum Gasteiger partial charge on any atom is 0.363 e. The summed E-state index contributed by atoms with van der Waals surface area (Å²) in [6.07, 6.45) is 1.55. The Hall–Kier alpha value is -3.84. The van der Waals surface area contributed by atoms with E-state index in [0.717, 1.165) is 0 Å². The van der Waals surface area contributed by atoms with E-state index in [1.165, 1.54) is 26.4 Å². The highest BCUT2D eigenvalue weighted by atomic mass is 35.5. The van der Waals surface area contributed by atoms with Gasteiger partial charge in [-0.25, -0.2) is 14.2 Å². The van der Waals surface area contributed by atoms with Crippen molar-refractivity contribution in [2.45, 2.75) is 6.61 Å². The van der Waals surface area contributed by atoms with Crippen molar-refractivity contribution in [2.75, 3.05) is 14.2 Å². The first kappa shape index (κ1) is 22.4. The van der Waals surface area contributed by atoms with E-state index in [1.54, 1.807) is 54.6 Å². The predicted octanol–water partition coefficient (Wildman–Crippen LogP) is 5.42. The van der Waals surface area contributed by atoms with Crippen LogP contribution in [0.4, 0.5) is 4.39 Å². The molecule has 0 saturated carbocycles. The summed E-state index contributed by atoms with van der Waals surface area (Å²) in [5, 5.41) is 0.424. The molecule has 0 saturated heterocycles. The minimum Gasteiger partial charge on any atom is -0.493 e. The van der Waals surface area contributed by atoms with E-state index >= 15 is 0 Å². The van der Waals surface area contributed by atoms with Crippen LogP contribution in [0.25, 0.3) is 6.08 Å². The number of rotatable bonds is 7. The van der Waals surface area contributed by atoms with Gasteiger partial charge in [-0.05, 0) is 53.6 Å². The highest BCUT2D eigenvalue weighted by Crippen LogP contribution is 2.40. The molecule has 3 aromatic rings. The fourth-order valence-corrected chi connectivity index (χ4v) is 3.44. The molecule has 6 nitrogen and oxygen atoms in total. The summed E-state index contributed by atoms with van der Waals surface area (Å²) in [6.45, 7) is 0.114. The summed E-state index contributed by atoms with van der Waals surface area (Å²) in [5.74, 6) is 0.275. The van der Waals surface area contributed by atoms with Crippen LogP contribution in [0.1, 0.15) is 16.7 Å². The van der Waals surface area contributed by atoms with Gasteiger partial charge in [-0.2, -0.15) is 0 Å². The average Bonchev–Trinajstić information content (AvgIpc) is 3.17. The second kappa shape index (κ2) is 9.75. The molecule has 1 aliphatic heterocycles. The molecule has 168 valence electrons. The maximum atomic E-state index is 13.5. The summed E-state index contributed by atoms with van der Waals surface area (Å²) in [6, 6.07) is 16.4. The number of carbonyl (C=O) groups excluding carboxylic acids is 1. The molecular formula is C25H19ClFNO5. The van der Waals surface area contributed by atoms with Crippen molar-refractivity contribution < 1.29 is 28.1 Å². The molecule has 1 heterocycles. The number of hydrogen-bond acceptors (Lipinski definition) is 6. The standard InChI is InChI=1S/C25H19ClFNO5/c1-30-21-12-16(11-20-25(29)33-24(28-20)18-8-3-4-9-19(18)26)13-22(31-2)23(21)32-14-15-6-5-7-17(27)10-15/h3-13H,14H2,1-2H3/b20-11-. The monoisotopic (exact) mass is 467 g/mol. The van der Waals surface area contributed by atoms with Crippen LogP contribution in [0.5, 0.6) is 17.2 Å². The Morgan fingerprint density at radius 3 is 2.42 bits per heavy atom. The zero-order chi connectivity index (χ0) is 23.4. The number of cyclic esters (lactones) is 1. The van der Waals surface area contributed by atoms with Crippen molar-refractivity contribution in [3.8, 4) is 17.2 Å². The van der Waals surface area contributed by atoms with E-state index in [4.69, 9.17) is 30.5 Å². The van der Waals surface area contributed by atoms with Gasteiger partial charge in [0, 0.05) is 0 Å². The number of aliphatic imine (C=N–C) groups is 1. The van der Waals surface area contributed by atoms with Crippen molar-refractivity contribution in [3.63, 3.8) is 0 Å². The van der Waals surface area contributed by atoms with Gasteiger partial charge < -0.3 is 18.9 Å². The van der Waals surface area contributed by atoms with Gasteiger partial charge in [0.1, 0.15) is 12.4 Å². The Bertz CT molecular complexity index is 1250. The summed E-state index contributed by atoms with van der Waals surface area (Å²) >= 11 is 6.18. The van der Waals surface area contributed by atoms with E-state index in [2.05, 4.69) is 4.99 Å². The molecule has 0 N–H and O–H groups in total. The van der Waals surface area contributed by atoms with Gasteiger partial charge in [-0.1, -0.05) is 35.9 Å². The molecule has 0 spiro atoms. The number of nitrogens with zero attached hydrogens (tertiary/aromatic N) is 1. The molecule has 1 aliphatic rings. The Morgan fingerprint density at radius 2 is 1.76 bits per heavy atom. The molecule has 0 unspecified atom stereocenters. The maximum absolute atomic E-state index is 13.5. The Labute approximate surface area is 194 Å². The smallest absolute Gasteiger partial charge is 0.363 e. The van der Waals surface area contributed by atoms with Crippen LogP contribution in [-0.2, 0) is 16.1 Å². The van der Waals surface area contributed by atoms with Crippen molar-refractivity contribution >= 4 is 29.5 Å². The molecular weight excluding hydrogens is 449 g/mol. The Balaban J connectivity index is 1.64. The second-order valence-electron chi connectivity index (χ2n) is 6.99. The Kier molecular flexibility index (Phi) is 6.60. The molecule has 0 aliphatic carbocycles. The predicted molar refractivity (Wildman–Crippen MR) is 122 cm³/mol. The van der Waals surface area contributed by atoms with E-state index in [1.807, 2.05) is 0 Å². The summed E-state index contributed by atoms with van der Waals surface area (Å²) < 4.78 is 35.5. The second-order valence-corrected chi connectivity index (χ2v) is 7.40. The number of hydrogen-bond donors (Lipinski definition) is 0. The fraction of sp³-hybridized carbons (Fsp3) is 0.120. The van der Waals surface area contributed by atoms with Gasteiger partial charge in [-0.15, -0.1) is 0 Å². The largest absolute Gasteiger partial charge is 0.493 e. The quantitative estimate of drug-likeness (QED) is 0.343. The summed E-state index contributed by atoms with van der Waals surface area (Å²) in [7, 11) is 2.97. The lowest BCUT2D eigenvalue weighted by Crippen LogP contribution is -2.05. The molecule has 4 rings (SSSR count). The van der Waals surface area contributed by atoms with Crippen molar-refractivity contribution in [3.05, 3.63) is 93.9 Å². The molecule has 8 heteroatoms. The lowest BCUT2D eigenvalue weighted by molar-refractivity contribution is -0.129. The third-order valence-corrected chi connectivity index (χ3v) is 5.11. The summed E-state index contributed by atoms with van der Waals surface area (Å²) in [4.78, 5) is 16.7. The first-order valence-electron chi connectivity index (χ1n) is 9.89. The number of benzene rings is 3. The first-order valence-corrected chi connectivity index (χ1v) is 10.3. The van der Waals surface area contributed by atoms with Crippen LogP contribution in [0, 0.1) is 5.82 Å². The van der Waals surface area contributed by atoms with Crippen LogP contribution < -0.4 is 14.2 Å². The van der Waals surface area contributed by atoms with Crippen molar-refractivity contribution in [2.24, 2.45) is 4.99 Å². The number of carbonyl (C=O) groups is 1. The van der Waals surface area contributed by atoms with E-state index in [9.17, 15) is 9.18 Å². The van der Waals surface area contributed by atoms with Gasteiger partial charge in [0.2, 0.25) is 11.6 Å². The number of halogens is 2. The lowest BCUT2D eigenvalue weighted by atomic mass is 10.1. The van der Waals surface area contributed by atoms with Gasteiger partial charge in [0.25, 0.3) is 0 Å². The van der Waals surface area contributed by atoms with Crippen molar-refractivity contribution in [1.29, 1.82) is 0 Å². The van der Waals surface area contributed by atoms with Gasteiger partial charge in [0.15, 0.2) is 17.2 Å². The number of methoxy groups -OCH3 is 2. The molecule has 0 atom stereocenters. The van der Waals surface area contributed by atoms with Gasteiger partial charge in [-0.3, -0.25) is 0 Å². The van der Waals surface area contributed by atoms with Gasteiger partial charge >= 0.3 is 5.97 Å². The van der Waals surface area contributed by atoms with Crippen LogP contribution in [0.15, 0.2) is 71.4 Å². The molecule has 0 aromatic heterocycles. The third kappa shape index (κ3) is 4.99. The molecule has 33 heavy (non-hydrogen) atoms. The zero-order valence-corrected chi connectivity index (χ0v) is 18.6. The highest BCUT2D eigenvalue weighted by molar-refractivity contribution is 6.34. The highest BCUT2D eigenvalue weighted by Gasteiger charge is 2.26. The molecule has 0 bridgehead atoms. The zero-order valence-electron chi connectivity index (χ0n) is 17.8. The van der Waals surface area contributed by atoms with Crippen LogP contribution >= 0.6 is 11.6 Å². The third-order valence-electron chi connectivity index (χ3n) is 4.78. The molecule has 0 amide bonds. The van der Waals surface area contributed by atoms with Crippen LogP contribution in [0.3, 0.4) is 0 Å². The van der Waals surface area contributed by atoms with E-state index in [-0.39, 0.29) is 24.0 Å². The average molecular weight is 468 g/mol. The minimum absolute atomic E-state index is 0.0995. The minimum atomic E-state index is -0.603. The number of esters is 1. The molecule has 0 radical (unpaired) electrons. The molecule has 0 fully saturated rings. The topological polar surface area (TPSA) is 66.4 Å². The molecule has 3 aromatic carbocycles. The van der Waals surface area contributed by atoms with E-state index in [0.29, 0.717) is 39.0 Å². The normalized spacial score (nSPS) is 14.1. The first-order chi connectivity index (χ1) is 16.0. The fourth-order valence-electron chi connectivity index (χ4n) is 3.22. The lowest BCUT2D eigenvalue weighted by Gasteiger charge is -2.15. The Morgan fingerprint density at radius 1 is 1.03 bits per heavy atom.